The van der Waals surface area contributed by atoms with E-state index in [0.29, 0.717) is 0 Å². The summed E-state index contributed by atoms with van der Waals surface area (Å²) in [5, 5.41) is 10.4. The van der Waals surface area contributed by atoms with Gasteiger partial charge in [0.05, 0.1) is 0 Å². The number of benzene rings is 4. The van der Waals surface area contributed by atoms with E-state index in [1.807, 2.05) is 29.5 Å². The molecule has 1 N–H and O–H groups in total. The molecule has 0 saturated carbocycles. The summed E-state index contributed by atoms with van der Waals surface area (Å²) in [6, 6.07) is 29.6. The zero-order valence-electron chi connectivity index (χ0n) is 15.4. The van der Waals surface area contributed by atoms with Gasteiger partial charge in [-0.1, -0.05) is 61.7 Å². The first-order valence-corrected chi connectivity index (χ1v) is 10.1. The molecule has 0 spiro atoms. The first-order chi connectivity index (χ1) is 13.7. The fraction of sp³-hybridized carbons (Fsp3) is 0. The molecule has 5 aromatic rings. The van der Waals surface area contributed by atoms with Gasteiger partial charge in [-0.3, -0.25) is 0 Å². The highest BCUT2D eigenvalue weighted by atomic mass is 32.1. The monoisotopic (exact) mass is 377 g/mol. The van der Waals surface area contributed by atoms with Crippen LogP contribution in [0.25, 0.3) is 33.3 Å². The van der Waals surface area contributed by atoms with Crippen LogP contribution < -0.4 is 15.8 Å². The number of nitrogens with one attached hydrogen (secondary N) is 1. The van der Waals surface area contributed by atoms with E-state index in [-0.39, 0.29) is 0 Å². The first-order valence-electron chi connectivity index (χ1n) is 9.25. The highest BCUT2D eigenvalue weighted by Gasteiger charge is 2.05. The highest BCUT2D eigenvalue weighted by Crippen LogP contribution is 2.35. The Morgan fingerprint density at radius 2 is 1.25 bits per heavy atom. The SMILES string of the molecule is C=c1cccc/c1=c1\cc(Nc2ccc3sc4ccccc4c3c2)ccc1=C. The number of fused-ring (bicyclic) bond motifs is 3. The zero-order chi connectivity index (χ0) is 19.1. The molecule has 1 nitrogen and oxygen atoms in total. The minimum atomic E-state index is 1.00. The van der Waals surface area contributed by atoms with Crippen LogP contribution in [0.5, 0.6) is 0 Å². The molecule has 0 fully saturated rings. The molecule has 0 unspecified atom stereocenters. The van der Waals surface area contributed by atoms with Crippen molar-refractivity contribution in [1.29, 1.82) is 0 Å². The van der Waals surface area contributed by atoms with Gasteiger partial charge >= 0.3 is 0 Å². The number of hydrogen-bond donors (Lipinski definition) is 1. The van der Waals surface area contributed by atoms with Crippen LogP contribution in [0.4, 0.5) is 11.4 Å². The molecule has 5 rings (SSSR count). The lowest BCUT2D eigenvalue weighted by Crippen LogP contribution is -2.07. The van der Waals surface area contributed by atoms with Crippen molar-refractivity contribution in [3.63, 3.8) is 0 Å². The smallest absolute Gasteiger partial charge is 0.0391 e. The lowest BCUT2D eigenvalue weighted by atomic mass is 10.1. The highest BCUT2D eigenvalue weighted by molar-refractivity contribution is 7.25. The average Bonchev–Trinajstić information content (AvgIpc) is 3.08. The van der Waals surface area contributed by atoms with Crippen molar-refractivity contribution in [1.82, 2.24) is 0 Å². The van der Waals surface area contributed by atoms with Crippen LogP contribution in [0.15, 0.2) is 84.9 Å². The molecule has 1 aromatic heterocycles. The fourth-order valence-electron chi connectivity index (χ4n) is 3.66. The Balaban J connectivity index is 1.64. The van der Waals surface area contributed by atoms with Gasteiger partial charge in [-0.05, 0) is 57.3 Å². The molecule has 0 saturated heterocycles. The maximum Gasteiger partial charge on any atom is 0.0391 e. The topological polar surface area (TPSA) is 12.0 Å². The average molecular weight is 378 g/mol. The summed E-state index contributed by atoms with van der Waals surface area (Å²) in [4.78, 5) is 0. The van der Waals surface area contributed by atoms with E-state index in [1.165, 1.54) is 20.2 Å². The maximum atomic E-state index is 4.20. The van der Waals surface area contributed by atoms with Gasteiger partial charge in [0.1, 0.15) is 0 Å². The lowest BCUT2D eigenvalue weighted by molar-refractivity contribution is 1.40. The van der Waals surface area contributed by atoms with Crippen LogP contribution in [-0.2, 0) is 0 Å². The zero-order valence-corrected chi connectivity index (χ0v) is 16.2. The van der Waals surface area contributed by atoms with Gasteiger partial charge in [0.15, 0.2) is 0 Å². The third kappa shape index (κ3) is 2.88. The van der Waals surface area contributed by atoms with Crippen molar-refractivity contribution >= 4 is 56.0 Å². The Labute approximate surface area is 167 Å². The number of rotatable bonds is 2. The quantitative estimate of drug-likeness (QED) is 0.403. The largest absolute Gasteiger partial charge is 0.355 e. The van der Waals surface area contributed by atoms with E-state index in [1.54, 1.807) is 0 Å². The van der Waals surface area contributed by atoms with Crippen molar-refractivity contribution < 1.29 is 0 Å². The second-order valence-electron chi connectivity index (χ2n) is 6.96. The molecule has 0 aliphatic carbocycles. The van der Waals surface area contributed by atoms with Gasteiger partial charge in [0.2, 0.25) is 0 Å². The van der Waals surface area contributed by atoms with Crippen LogP contribution in [0.2, 0.25) is 0 Å². The van der Waals surface area contributed by atoms with E-state index < -0.39 is 0 Å². The van der Waals surface area contributed by atoms with Gasteiger partial charge in [-0.25, -0.2) is 0 Å². The van der Waals surface area contributed by atoms with Crippen molar-refractivity contribution in [3.05, 3.63) is 106 Å². The molecule has 28 heavy (non-hydrogen) atoms. The summed E-state index contributed by atoms with van der Waals surface area (Å²) < 4.78 is 2.64. The van der Waals surface area contributed by atoms with E-state index >= 15 is 0 Å². The molecule has 0 bridgehead atoms. The van der Waals surface area contributed by atoms with Gasteiger partial charge in [0.25, 0.3) is 0 Å². The fourth-order valence-corrected chi connectivity index (χ4v) is 4.74. The van der Waals surface area contributed by atoms with E-state index in [2.05, 4.69) is 85.2 Å². The second-order valence-corrected chi connectivity index (χ2v) is 8.05. The van der Waals surface area contributed by atoms with Gasteiger partial charge < -0.3 is 5.32 Å². The standard InChI is InChI=1S/C26H19NS/c1-17-7-3-4-8-21(17)23-15-19(12-11-18(23)2)27-20-13-14-26-24(16-20)22-9-5-6-10-25(22)28-26/h3-16,27H,1-2H2/b23-21-. The summed E-state index contributed by atoms with van der Waals surface area (Å²) in [5.41, 5.74) is 2.13. The van der Waals surface area contributed by atoms with Crippen molar-refractivity contribution in [2.24, 2.45) is 0 Å². The van der Waals surface area contributed by atoms with Crippen LogP contribution in [0.1, 0.15) is 0 Å². The van der Waals surface area contributed by atoms with Crippen molar-refractivity contribution in [3.8, 4) is 0 Å². The molecule has 0 aliphatic heterocycles. The summed E-state index contributed by atoms with van der Waals surface area (Å²) in [5.74, 6) is 0. The molecule has 0 amide bonds. The number of thiophene rings is 1. The molecular formula is C26H19NS. The Hall–Kier alpha value is -3.36. The third-order valence-corrected chi connectivity index (χ3v) is 6.23. The van der Waals surface area contributed by atoms with Crippen LogP contribution >= 0.6 is 11.3 Å². The summed E-state index contributed by atoms with van der Waals surface area (Å²) in [6.07, 6.45) is 0. The van der Waals surface area contributed by atoms with Crippen molar-refractivity contribution in [2.45, 2.75) is 0 Å². The minimum Gasteiger partial charge on any atom is -0.355 e. The Morgan fingerprint density at radius 3 is 2.14 bits per heavy atom. The van der Waals surface area contributed by atoms with Crippen LogP contribution in [0, 0.1) is 10.4 Å². The molecule has 4 aromatic carbocycles. The summed E-state index contributed by atoms with van der Waals surface area (Å²) >= 11 is 1.84. The van der Waals surface area contributed by atoms with E-state index in [4.69, 9.17) is 0 Å². The molecule has 2 heteroatoms. The van der Waals surface area contributed by atoms with E-state index in [9.17, 15) is 0 Å². The Kier molecular flexibility index (Phi) is 4.00. The van der Waals surface area contributed by atoms with E-state index in [0.717, 1.165) is 32.2 Å². The third-order valence-electron chi connectivity index (χ3n) is 5.08. The van der Waals surface area contributed by atoms with Gasteiger partial charge in [0, 0.05) is 31.5 Å². The summed E-state index contributed by atoms with van der Waals surface area (Å²) in [7, 11) is 0. The van der Waals surface area contributed by atoms with Crippen molar-refractivity contribution in [2.75, 3.05) is 5.32 Å². The molecular weight excluding hydrogens is 358 g/mol. The lowest BCUT2D eigenvalue weighted by Gasteiger charge is -2.07. The maximum absolute atomic E-state index is 4.20. The van der Waals surface area contributed by atoms with Crippen LogP contribution in [-0.4, -0.2) is 0 Å². The molecule has 0 aliphatic rings. The molecule has 0 radical (unpaired) electrons. The Morgan fingerprint density at radius 1 is 0.571 bits per heavy atom. The summed E-state index contributed by atoms with van der Waals surface area (Å²) in [6.45, 7) is 8.36. The molecule has 1 heterocycles. The number of anilines is 2. The van der Waals surface area contributed by atoms with Gasteiger partial charge in [-0.2, -0.15) is 0 Å². The predicted molar refractivity (Wildman–Crippen MR) is 123 cm³/mol. The molecule has 134 valence electrons. The number of hydrogen-bond acceptors (Lipinski definition) is 2. The van der Waals surface area contributed by atoms with Gasteiger partial charge in [-0.15, -0.1) is 11.3 Å². The Bertz CT molecular complexity index is 1530. The predicted octanol–water partition coefficient (Wildman–Crippen LogP) is 5.91. The van der Waals surface area contributed by atoms with Crippen LogP contribution in [0.3, 0.4) is 0 Å². The first kappa shape index (κ1) is 16.8. The second kappa shape index (κ2) is 6.66. The minimum absolute atomic E-state index is 1.00. The molecule has 0 atom stereocenters. The normalized spacial score (nSPS) is 12.4.